The topological polar surface area (TPSA) is 48.7 Å². The number of pyridine rings is 1. The summed E-state index contributed by atoms with van der Waals surface area (Å²) in [6.07, 6.45) is 1.84. The molecule has 2 rings (SSSR count). The molecule has 0 bridgehead atoms. The molecule has 0 fully saturated rings. The van der Waals surface area contributed by atoms with Crippen LogP contribution in [0.5, 0.6) is 0 Å². The van der Waals surface area contributed by atoms with Crippen LogP contribution < -0.4 is 5.32 Å². The van der Waals surface area contributed by atoms with E-state index in [4.69, 9.17) is 5.26 Å². The number of nitrogens with zero attached hydrogens (tertiary/aromatic N) is 2. The minimum absolute atomic E-state index is 0.173. The van der Waals surface area contributed by atoms with E-state index in [1.807, 2.05) is 13.0 Å². The summed E-state index contributed by atoms with van der Waals surface area (Å²) >= 11 is 0. The molecule has 0 amide bonds. The summed E-state index contributed by atoms with van der Waals surface area (Å²) in [5, 5.41) is 12.2. The van der Waals surface area contributed by atoms with Crippen molar-refractivity contribution in [3.05, 3.63) is 59.4 Å². The first-order valence-electron chi connectivity index (χ1n) is 6.21. The molecule has 1 unspecified atom stereocenters. The van der Waals surface area contributed by atoms with E-state index in [1.54, 1.807) is 6.07 Å². The minimum atomic E-state index is -0.458. The zero-order valence-electron chi connectivity index (χ0n) is 10.9. The predicted molar refractivity (Wildman–Crippen MR) is 72.0 cm³/mol. The number of hydrogen-bond acceptors (Lipinski definition) is 3. The second kappa shape index (κ2) is 6.11. The van der Waals surface area contributed by atoms with E-state index in [2.05, 4.69) is 10.3 Å². The van der Waals surface area contributed by atoms with Crippen molar-refractivity contribution in [2.24, 2.45) is 0 Å². The summed E-state index contributed by atoms with van der Waals surface area (Å²) in [5.41, 5.74) is 1.43. The van der Waals surface area contributed by atoms with E-state index in [-0.39, 0.29) is 11.6 Å². The lowest BCUT2D eigenvalue weighted by Gasteiger charge is -2.18. The quantitative estimate of drug-likeness (QED) is 0.921. The van der Waals surface area contributed by atoms with E-state index in [1.165, 1.54) is 24.3 Å². The van der Waals surface area contributed by atoms with Crippen molar-refractivity contribution in [2.45, 2.75) is 19.4 Å². The summed E-state index contributed by atoms with van der Waals surface area (Å²) in [7, 11) is 0. The highest BCUT2D eigenvalue weighted by atomic mass is 19.1. The normalized spacial score (nSPS) is 11.7. The fraction of sp³-hybridized carbons (Fsp3) is 0.200. The van der Waals surface area contributed by atoms with Gasteiger partial charge in [-0.25, -0.2) is 8.78 Å². The molecule has 1 atom stereocenters. The Balaban J connectivity index is 2.27. The first-order chi connectivity index (χ1) is 9.63. The predicted octanol–water partition coefficient (Wildman–Crippen LogP) is 3.79. The highest BCUT2D eigenvalue weighted by Crippen LogP contribution is 2.24. The molecule has 5 heteroatoms. The number of benzene rings is 1. The van der Waals surface area contributed by atoms with Crippen LogP contribution in [-0.2, 0) is 0 Å². The summed E-state index contributed by atoms with van der Waals surface area (Å²) < 4.78 is 26.0. The van der Waals surface area contributed by atoms with Crippen LogP contribution in [0.2, 0.25) is 0 Å². The molecule has 1 heterocycles. The third kappa shape index (κ3) is 3.09. The van der Waals surface area contributed by atoms with E-state index in [9.17, 15) is 8.78 Å². The van der Waals surface area contributed by atoms with Crippen LogP contribution in [0, 0.1) is 23.0 Å². The Bertz CT molecular complexity index is 633. The largest absolute Gasteiger partial charge is 0.376 e. The first kappa shape index (κ1) is 13.9. The highest BCUT2D eigenvalue weighted by Gasteiger charge is 2.13. The van der Waals surface area contributed by atoms with Crippen LogP contribution in [-0.4, -0.2) is 4.98 Å². The van der Waals surface area contributed by atoms with Gasteiger partial charge in [0.05, 0.1) is 29.2 Å². The third-order valence-corrected chi connectivity index (χ3v) is 2.95. The number of hydrogen-bond donors (Lipinski definition) is 1. The first-order valence-corrected chi connectivity index (χ1v) is 6.21. The summed E-state index contributed by atoms with van der Waals surface area (Å²) in [6.45, 7) is 1.94. The molecule has 0 aliphatic rings. The molecule has 0 radical (unpaired) electrons. The second-order valence-electron chi connectivity index (χ2n) is 4.31. The van der Waals surface area contributed by atoms with Crippen molar-refractivity contribution in [3.63, 3.8) is 0 Å². The van der Waals surface area contributed by atoms with Crippen LogP contribution in [0.4, 0.5) is 14.5 Å². The lowest BCUT2D eigenvalue weighted by atomic mass is 10.1. The van der Waals surface area contributed by atoms with Crippen molar-refractivity contribution < 1.29 is 8.78 Å². The van der Waals surface area contributed by atoms with Crippen LogP contribution >= 0.6 is 0 Å². The molecule has 1 N–H and O–H groups in total. The van der Waals surface area contributed by atoms with Crippen molar-refractivity contribution in [2.75, 3.05) is 5.32 Å². The number of anilines is 1. The Labute approximate surface area is 115 Å². The maximum atomic E-state index is 13.1. The van der Waals surface area contributed by atoms with Gasteiger partial charge in [0.25, 0.3) is 0 Å². The van der Waals surface area contributed by atoms with Gasteiger partial charge in [0, 0.05) is 0 Å². The number of nitrogens with one attached hydrogen (secondary N) is 1. The molecule has 102 valence electrons. The van der Waals surface area contributed by atoms with Crippen LogP contribution in [0.25, 0.3) is 0 Å². The molecular formula is C15H13F2N3. The lowest BCUT2D eigenvalue weighted by Crippen LogP contribution is -2.12. The fourth-order valence-corrected chi connectivity index (χ4v) is 1.90. The van der Waals surface area contributed by atoms with E-state index < -0.39 is 11.6 Å². The van der Waals surface area contributed by atoms with Gasteiger partial charge in [-0.2, -0.15) is 5.26 Å². The van der Waals surface area contributed by atoms with Gasteiger partial charge in [-0.1, -0.05) is 6.92 Å². The van der Waals surface area contributed by atoms with Gasteiger partial charge in [-0.15, -0.1) is 0 Å². The van der Waals surface area contributed by atoms with Crippen LogP contribution in [0.1, 0.15) is 30.6 Å². The highest BCUT2D eigenvalue weighted by molar-refractivity contribution is 5.58. The molecule has 0 saturated heterocycles. The van der Waals surface area contributed by atoms with E-state index in [0.717, 1.165) is 6.20 Å². The standard InChI is InChI=1S/C15H13F2N3/c1-2-13(15-6-4-12(17)9-19-15)20-14-5-3-11(16)7-10(14)8-18/h3-7,9,13,20H,2H2,1H3. The lowest BCUT2D eigenvalue weighted by molar-refractivity contribution is 0.614. The Hall–Kier alpha value is -2.48. The maximum absolute atomic E-state index is 13.1. The molecular weight excluding hydrogens is 260 g/mol. The van der Waals surface area contributed by atoms with E-state index in [0.29, 0.717) is 17.8 Å². The van der Waals surface area contributed by atoms with Gasteiger partial charge in [-0.3, -0.25) is 4.98 Å². The SMILES string of the molecule is CCC(Nc1ccc(F)cc1C#N)c1ccc(F)cn1. The minimum Gasteiger partial charge on any atom is -0.376 e. The molecule has 0 aliphatic heterocycles. The molecule has 1 aromatic heterocycles. The molecule has 0 saturated carbocycles. The van der Waals surface area contributed by atoms with Gasteiger partial charge in [0.2, 0.25) is 0 Å². The van der Waals surface area contributed by atoms with Crippen LogP contribution in [0.3, 0.4) is 0 Å². The second-order valence-corrected chi connectivity index (χ2v) is 4.31. The molecule has 1 aromatic carbocycles. The average Bonchev–Trinajstić information content (AvgIpc) is 2.47. The Morgan fingerprint density at radius 3 is 2.60 bits per heavy atom. The maximum Gasteiger partial charge on any atom is 0.141 e. The number of rotatable bonds is 4. The molecule has 0 aliphatic carbocycles. The van der Waals surface area contributed by atoms with Crippen molar-refractivity contribution >= 4 is 5.69 Å². The van der Waals surface area contributed by atoms with Crippen LogP contribution in [0.15, 0.2) is 36.5 Å². The zero-order chi connectivity index (χ0) is 14.5. The Morgan fingerprint density at radius 2 is 2.00 bits per heavy atom. The van der Waals surface area contributed by atoms with Crippen molar-refractivity contribution in [1.82, 2.24) is 4.98 Å². The average molecular weight is 273 g/mol. The van der Waals surface area contributed by atoms with Crippen molar-refractivity contribution in [3.8, 4) is 6.07 Å². The van der Waals surface area contributed by atoms with Gasteiger partial charge < -0.3 is 5.32 Å². The zero-order valence-corrected chi connectivity index (χ0v) is 10.9. The number of nitriles is 1. The number of halogens is 2. The van der Waals surface area contributed by atoms with E-state index >= 15 is 0 Å². The molecule has 0 spiro atoms. The van der Waals surface area contributed by atoms with Gasteiger partial charge in [-0.05, 0) is 36.8 Å². The fourth-order valence-electron chi connectivity index (χ4n) is 1.90. The van der Waals surface area contributed by atoms with Gasteiger partial charge in [0.15, 0.2) is 0 Å². The summed E-state index contributed by atoms with van der Waals surface area (Å²) in [5.74, 6) is -0.858. The summed E-state index contributed by atoms with van der Waals surface area (Å²) in [4.78, 5) is 4.02. The summed E-state index contributed by atoms with van der Waals surface area (Å²) in [6, 6.07) is 8.67. The Kier molecular flexibility index (Phi) is 4.26. The number of aromatic nitrogens is 1. The third-order valence-electron chi connectivity index (χ3n) is 2.95. The Morgan fingerprint density at radius 1 is 1.25 bits per heavy atom. The van der Waals surface area contributed by atoms with Gasteiger partial charge in [0.1, 0.15) is 17.7 Å². The van der Waals surface area contributed by atoms with Gasteiger partial charge >= 0.3 is 0 Å². The molecule has 3 nitrogen and oxygen atoms in total. The smallest absolute Gasteiger partial charge is 0.141 e. The monoisotopic (exact) mass is 273 g/mol. The molecule has 20 heavy (non-hydrogen) atoms. The van der Waals surface area contributed by atoms with Crippen molar-refractivity contribution in [1.29, 1.82) is 5.26 Å². The molecule has 2 aromatic rings.